The highest BCUT2D eigenvalue weighted by Crippen LogP contribution is 2.51. The fraction of sp³-hybridized carbons (Fsp3) is 0.643. The van der Waals surface area contributed by atoms with Crippen molar-refractivity contribution in [2.75, 3.05) is 0 Å². The van der Waals surface area contributed by atoms with Crippen molar-refractivity contribution in [3.8, 4) is 6.07 Å². The summed E-state index contributed by atoms with van der Waals surface area (Å²) < 4.78 is 1.53. The minimum Gasteiger partial charge on any atom is -0.296 e. The van der Waals surface area contributed by atoms with E-state index in [-0.39, 0.29) is 11.6 Å². The van der Waals surface area contributed by atoms with Crippen LogP contribution in [0.25, 0.3) is 0 Å². The second-order valence-corrected chi connectivity index (χ2v) is 5.90. The third-order valence-corrected chi connectivity index (χ3v) is 4.94. The Hall–Kier alpha value is -1.83. The van der Waals surface area contributed by atoms with Crippen LogP contribution >= 0.6 is 0 Å². The Labute approximate surface area is 110 Å². The fourth-order valence-corrected chi connectivity index (χ4v) is 3.96. The molecule has 3 rings (SSSR count). The Morgan fingerprint density at radius 1 is 1.42 bits per heavy atom. The summed E-state index contributed by atoms with van der Waals surface area (Å²) in [7, 11) is 0. The molecule has 1 aromatic rings. The number of rotatable bonds is 2. The lowest BCUT2D eigenvalue weighted by molar-refractivity contribution is 0.237. The predicted molar refractivity (Wildman–Crippen MR) is 69.7 cm³/mol. The fourth-order valence-electron chi connectivity index (χ4n) is 3.96. The van der Waals surface area contributed by atoms with Crippen LogP contribution in [-0.2, 0) is 0 Å². The van der Waals surface area contributed by atoms with Gasteiger partial charge in [-0.15, -0.1) is 0 Å². The van der Waals surface area contributed by atoms with E-state index < -0.39 is 11.2 Å². The summed E-state index contributed by atoms with van der Waals surface area (Å²) in [6.07, 6.45) is 6.43. The Morgan fingerprint density at radius 3 is 2.79 bits per heavy atom. The lowest BCUT2D eigenvalue weighted by Crippen LogP contribution is -2.36. The molecule has 0 saturated heterocycles. The van der Waals surface area contributed by atoms with Crippen molar-refractivity contribution in [2.45, 2.75) is 38.6 Å². The molecule has 4 unspecified atom stereocenters. The second kappa shape index (κ2) is 4.37. The molecule has 0 aliphatic heterocycles. The van der Waals surface area contributed by atoms with Gasteiger partial charge in [0.15, 0.2) is 0 Å². The molecule has 1 heterocycles. The van der Waals surface area contributed by atoms with E-state index in [4.69, 9.17) is 5.26 Å². The van der Waals surface area contributed by atoms with Gasteiger partial charge in [-0.25, -0.2) is 4.79 Å². The molecule has 1 N–H and O–H groups in total. The molecule has 4 atom stereocenters. The van der Waals surface area contributed by atoms with E-state index in [1.54, 1.807) is 0 Å². The Balaban J connectivity index is 1.96. The molecule has 0 amide bonds. The largest absolute Gasteiger partial charge is 0.328 e. The van der Waals surface area contributed by atoms with Crippen LogP contribution in [0.15, 0.2) is 15.8 Å². The van der Waals surface area contributed by atoms with Gasteiger partial charge in [-0.3, -0.25) is 14.3 Å². The molecule has 2 aliphatic rings. The molecule has 0 aromatic carbocycles. The third kappa shape index (κ3) is 1.92. The zero-order valence-corrected chi connectivity index (χ0v) is 10.9. The summed E-state index contributed by atoms with van der Waals surface area (Å²) in [6, 6.07) is 1.89. The van der Waals surface area contributed by atoms with Gasteiger partial charge in [0.25, 0.3) is 5.56 Å². The first-order valence-electron chi connectivity index (χ1n) is 6.85. The maximum absolute atomic E-state index is 11.9. The summed E-state index contributed by atoms with van der Waals surface area (Å²) in [5, 5.41) is 8.90. The molecule has 5 nitrogen and oxygen atoms in total. The van der Waals surface area contributed by atoms with Gasteiger partial charge in [0.05, 0.1) is 0 Å². The van der Waals surface area contributed by atoms with Crippen molar-refractivity contribution >= 4 is 0 Å². The van der Waals surface area contributed by atoms with Crippen molar-refractivity contribution in [3.05, 3.63) is 32.6 Å². The van der Waals surface area contributed by atoms with Crippen LogP contribution in [0, 0.1) is 29.1 Å². The van der Waals surface area contributed by atoms with Gasteiger partial charge in [0.1, 0.15) is 11.6 Å². The summed E-state index contributed by atoms with van der Waals surface area (Å²) in [5.41, 5.74) is -0.988. The van der Waals surface area contributed by atoms with E-state index >= 15 is 0 Å². The molecule has 0 radical (unpaired) electrons. The van der Waals surface area contributed by atoms with E-state index in [1.807, 2.05) is 13.0 Å². The number of nitriles is 1. The summed E-state index contributed by atoms with van der Waals surface area (Å²) in [5.74, 6) is 2.00. The Morgan fingerprint density at radius 2 is 2.21 bits per heavy atom. The topological polar surface area (TPSA) is 78.7 Å². The van der Waals surface area contributed by atoms with Gasteiger partial charge in [0, 0.05) is 12.2 Å². The molecule has 2 fully saturated rings. The zero-order valence-electron chi connectivity index (χ0n) is 10.9. The number of hydrogen-bond donors (Lipinski definition) is 1. The average Bonchev–Trinajstić information content (AvgIpc) is 3.00. The van der Waals surface area contributed by atoms with Gasteiger partial charge in [0.2, 0.25) is 0 Å². The minimum absolute atomic E-state index is 0.00889. The standard InChI is InChI=1S/C14H17N3O2/c1-8(12-5-9-2-3-10(12)4-9)17-7-11(6-15)13(18)16-14(17)19/h7-10,12H,2-5H2,1H3,(H,16,18,19). The van der Waals surface area contributed by atoms with Gasteiger partial charge < -0.3 is 0 Å². The van der Waals surface area contributed by atoms with E-state index in [9.17, 15) is 9.59 Å². The maximum atomic E-state index is 11.9. The summed E-state index contributed by atoms with van der Waals surface area (Å²) in [6.45, 7) is 2.02. The summed E-state index contributed by atoms with van der Waals surface area (Å²) in [4.78, 5) is 25.5. The molecule has 100 valence electrons. The molecule has 5 heteroatoms. The maximum Gasteiger partial charge on any atom is 0.328 e. The van der Waals surface area contributed by atoms with E-state index in [2.05, 4.69) is 4.98 Å². The quantitative estimate of drug-likeness (QED) is 0.872. The SMILES string of the molecule is CC(C1CC2CCC1C2)n1cc(C#N)c(=O)[nH]c1=O. The van der Waals surface area contributed by atoms with Crippen molar-refractivity contribution < 1.29 is 0 Å². The second-order valence-electron chi connectivity index (χ2n) is 5.90. The zero-order chi connectivity index (χ0) is 13.6. The Kier molecular flexibility index (Phi) is 2.81. The number of fused-ring (bicyclic) bond motifs is 2. The average molecular weight is 259 g/mol. The van der Waals surface area contributed by atoms with Crippen LogP contribution in [0.2, 0.25) is 0 Å². The lowest BCUT2D eigenvalue weighted by Gasteiger charge is -2.29. The number of hydrogen-bond acceptors (Lipinski definition) is 3. The summed E-state index contributed by atoms with van der Waals surface area (Å²) >= 11 is 0. The third-order valence-electron chi connectivity index (χ3n) is 4.94. The van der Waals surface area contributed by atoms with Gasteiger partial charge >= 0.3 is 5.69 Å². The van der Waals surface area contributed by atoms with E-state index in [0.29, 0.717) is 11.8 Å². The van der Waals surface area contributed by atoms with Crippen LogP contribution in [-0.4, -0.2) is 9.55 Å². The molecule has 1 aromatic heterocycles. The number of nitrogens with zero attached hydrogens (tertiary/aromatic N) is 2. The van der Waals surface area contributed by atoms with Crippen molar-refractivity contribution in [3.63, 3.8) is 0 Å². The number of H-pyrrole nitrogens is 1. The van der Waals surface area contributed by atoms with Crippen LogP contribution in [0.1, 0.15) is 44.2 Å². The molecule has 0 spiro atoms. The highest BCUT2D eigenvalue weighted by molar-refractivity contribution is 5.22. The highest BCUT2D eigenvalue weighted by Gasteiger charge is 2.42. The lowest BCUT2D eigenvalue weighted by atomic mass is 9.84. The van der Waals surface area contributed by atoms with Crippen LogP contribution < -0.4 is 11.2 Å². The van der Waals surface area contributed by atoms with Gasteiger partial charge in [-0.2, -0.15) is 5.26 Å². The predicted octanol–water partition coefficient (Wildman–Crippen LogP) is 1.41. The first kappa shape index (κ1) is 12.2. The smallest absolute Gasteiger partial charge is 0.296 e. The van der Waals surface area contributed by atoms with E-state index in [0.717, 1.165) is 5.92 Å². The van der Waals surface area contributed by atoms with Crippen molar-refractivity contribution in [1.82, 2.24) is 9.55 Å². The van der Waals surface area contributed by atoms with Crippen LogP contribution in [0.3, 0.4) is 0 Å². The van der Waals surface area contributed by atoms with Crippen molar-refractivity contribution in [1.29, 1.82) is 5.26 Å². The first-order valence-corrected chi connectivity index (χ1v) is 6.85. The number of aromatic amines is 1. The molecule has 19 heavy (non-hydrogen) atoms. The minimum atomic E-state index is -0.594. The molecular weight excluding hydrogens is 242 g/mol. The van der Waals surface area contributed by atoms with Crippen LogP contribution in [0.4, 0.5) is 0 Å². The number of nitrogens with one attached hydrogen (secondary N) is 1. The highest BCUT2D eigenvalue weighted by atomic mass is 16.2. The van der Waals surface area contributed by atoms with Crippen LogP contribution in [0.5, 0.6) is 0 Å². The van der Waals surface area contributed by atoms with Crippen molar-refractivity contribution in [2.24, 2.45) is 17.8 Å². The molecular formula is C14H17N3O2. The first-order chi connectivity index (χ1) is 9.10. The normalized spacial score (nSPS) is 30.2. The van der Waals surface area contributed by atoms with Gasteiger partial charge in [-0.1, -0.05) is 6.42 Å². The molecule has 2 aliphatic carbocycles. The molecule has 2 saturated carbocycles. The Bertz CT molecular complexity index is 652. The number of aromatic nitrogens is 2. The van der Waals surface area contributed by atoms with Gasteiger partial charge in [-0.05, 0) is 43.9 Å². The monoisotopic (exact) mass is 259 g/mol. The van der Waals surface area contributed by atoms with E-state index in [1.165, 1.54) is 36.4 Å². The molecule has 2 bridgehead atoms.